The molecule has 20 heavy (non-hydrogen) atoms. The van der Waals surface area contributed by atoms with Crippen LogP contribution < -0.4 is 4.90 Å². The van der Waals surface area contributed by atoms with E-state index in [-0.39, 0.29) is 17.4 Å². The maximum Gasteiger partial charge on any atom is 0.335 e. The van der Waals surface area contributed by atoms with E-state index >= 15 is 0 Å². The number of rotatable bonds is 7. The summed E-state index contributed by atoms with van der Waals surface area (Å²) in [5.41, 5.74) is 0.961. The number of carboxylic acids is 1. The number of amides is 1. The van der Waals surface area contributed by atoms with E-state index in [1.54, 1.807) is 24.1 Å². The summed E-state index contributed by atoms with van der Waals surface area (Å²) in [5, 5.41) is 8.87. The maximum atomic E-state index is 12.4. The van der Waals surface area contributed by atoms with E-state index in [0.717, 1.165) is 31.4 Å². The van der Waals surface area contributed by atoms with Gasteiger partial charge in [-0.3, -0.25) is 4.79 Å². The Morgan fingerprint density at radius 3 is 2.25 bits per heavy atom. The van der Waals surface area contributed by atoms with E-state index in [9.17, 15) is 9.59 Å². The lowest BCUT2D eigenvalue weighted by molar-refractivity contribution is -0.122. The molecule has 1 atom stereocenters. The van der Waals surface area contributed by atoms with Crippen LogP contribution in [0.1, 0.15) is 49.9 Å². The van der Waals surface area contributed by atoms with Crippen LogP contribution in [0.4, 0.5) is 5.69 Å². The highest BCUT2D eigenvalue weighted by Gasteiger charge is 2.20. The molecule has 0 bridgehead atoms. The van der Waals surface area contributed by atoms with Crippen LogP contribution in [-0.4, -0.2) is 24.0 Å². The van der Waals surface area contributed by atoms with E-state index < -0.39 is 5.97 Å². The summed E-state index contributed by atoms with van der Waals surface area (Å²) in [7, 11) is 1.74. The zero-order valence-corrected chi connectivity index (χ0v) is 12.4. The first-order valence-corrected chi connectivity index (χ1v) is 7.12. The van der Waals surface area contributed by atoms with Crippen molar-refractivity contribution in [3.63, 3.8) is 0 Å². The summed E-state index contributed by atoms with van der Waals surface area (Å²) in [5.74, 6) is -0.817. The van der Waals surface area contributed by atoms with Gasteiger partial charge in [-0.25, -0.2) is 4.79 Å². The molecule has 0 aromatic heterocycles. The summed E-state index contributed by atoms with van der Waals surface area (Å²) < 4.78 is 0. The molecular formula is C16H23NO3. The van der Waals surface area contributed by atoms with Crippen LogP contribution in [0, 0.1) is 5.92 Å². The Balaban J connectivity index is 2.79. The standard InChI is InChI=1S/C16H23NO3/c1-4-6-7-12(5-2)15(18)17(3)14-10-8-13(9-11-14)16(19)20/h8-12H,4-7H2,1-3H3,(H,19,20). The van der Waals surface area contributed by atoms with Gasteiger partial charge in [-0.2, -0.15) is 0 Å². The number of unbranched alkanes of at least 4 members (excludes halogenated alkanes) is 1. The summed E-state index contributed by atoms with van der Waals surface area (Å²) in [6.45, 7) is 4.14. The molecule has 0 aliphatic rings. The molecule has 1 amide bonds. The number of anilines is 1. The highest BCUT2D eigenvalue weighted by molar-refractivity contribution is 5.95. The second-order valence-corrected chi connectivity index (χ2v) is 5.00. The molecule has 1 unspecified atom stereocenters. The number of hydrogen-bond acceptors (Lipinski definition) is 2. The SMILES string of the molecule is CCCCC(CC)C(=O)N(C)c1ccc(C(=O)O)cc1. The highest BCUT2D eigenvalue weighted by Crippen LogP contribution is 2.20. The minimum absolute atomic E-state index is 0.0408. The zero-order valence-electron chi connectivity index (χ0n) is 12.4. The van der Waals surface area contributed by atoms with Gasteiger partial charge < -0.3 is 10.0 Å². The van der Waals surface area contributed by atoms with Crippen molar-refractivity contribution in [1.29, 1.82) is 0 Å². The number of hydrogen-bond donors (Lipinski definition) is 1. The average molecular weight is 277 g/mol. The van der Waals surface area contributed by atoms with Gasteiger partial charge in [-0.1, -0.05) is 26.7 Å². The second kappa shape index (κ2) is 7.68. The molecule has 0 radical (unpaired) electrons. The lowest BCUT2D eigenvalue weighted by Gasteiger charge is -2.23. The number of aromatic carboxylic acids is 1. The fourth-order valence-electron chi connectivity index (χ4n) is 2.18. The minimum atomic E-state index is -0.958. The van der Waals surface area contributed by atoms with Crippen molar-refractivity contribution in [2.24, 2.45) is 5.92 Å². The van der Waals surface area contributed by atoms with Crippen LogP contribution in [0.15, 0.2) is 24.3 Å². The van der Waals surface area contributed by atoms with Crippen molar-refractivity contribution in [3.05, 3.63) is 29.8 Å². The predicted molar refractivity (Wildman–Crippen MR) is 80.1 cm³/mol. The van der Waals surface area contributed by atoms with Gasteiger partial charge in [0.25, 0.3) is 0 Å². The van der Waals surface area contributed by atoms with E-state index in [1.165, 1.54) is 12.1 Å². The number of carbonyl (C=O) groups is 2. The van der Waals surface area contributed by atoms with Crippen LogP contribution >= 0.6 is 0 Å². The Labute approximate surface area is 120 Å². The summed E-state index contributed by atoms with van der Waals surface area (Å²) >= 11 is 0. The van der Waals surface area contributed by atoms with Crippen LogP contribution in [-0.2, 0) is 4.79 Å². The Bertz CT molecular complexity index is 453. The van der Waals surface area contributed by atoms with E-state index in [1.807, 2.05) is 6.92 Å². The third-order valence-corrected chi connectivity index (χ3v) is 3.58. The molecule has 0 heterocycles. The quantitative estimate of drug-likeness (QED) is 0.829. The second-order valence-electron chi connectivity index (χ2n) is 5.00. The highest BCUT2D eigenvalue weighted by atomic mass is 16.4. The molecule has 0 aliphatic carbocycles. The lowest BCUT2D eigenvalue weighted by atomic mass is 9.97. The van der Waals surface area contributed by atoms with E-state index in [4.69, 9.17) is 5.11 Å². The Morgan fingerprint density at radius 2 is 1.80 bits per heavy atom. The molecule has 1 aromatic carbocycles. The molecular weight excluding hydrogens is 254 g/mol. The fourth-order valence-corrected chi connectivity index (χ4v) is 2.18. The Hall–Kier alpha value is -1.84. The normalized spacial score (nSPS) is 11.9. The van der Waals surface area contributed by atoms with Gasteiger partial charge in [0.1, 0.15) is 0 Å². The summed E-state index contributed by atoms with van der Waals surface area (Å²) in [6, 6.07) is 6.39. The maximum absolute atomic E-state index is 12.4. The topological polar surface area (TPSA) is 57.6 Å². The van der Waals surface area contributed by atoms with Crippen LogP contribution in [0.25, 0.3) is 0 Å². The van der Waals surface area contributed by atoms with Gasteiger partial charge in [0.05, 0.1) is 5.56 Å². The van der Waals surface area contributed by atoms with E-state index in [0.29, 0.717) is 0 Å². The molecule has 1 N–H and O–H groups in total. The molecule has 4 nitrogen and oxygen atoms in total. The fraction of sp³-hybridized carbons (Fsp3) is 0.500. The van der Waals surface area contributed by atoms with Gasteiger partial charge in [-0.05, 0) is 37.1 Å². The Morgan fingerprint density at radius 1 is 1.20 bits per heavy atom. The first-order valence-electron chi connectivity index (χ1n) is 7.12. The predicted octanol–water partition coefficient (Wildman–Crippen LogP) is 3.56. The molecule has 0 saturated heterocycles. The first kappa shape index (κ1) is 16.2. The average Bonchev–Trinajstić information content (AvgIpc) is 2.47. The van der Waals surface area contributed by atoms with Gasteiger partial charge >= 0.3 is 5.97 Å². The van der Waals surface area contributed by atoms with Crippen LogP contribution in [0.3, 0.4) is 0 Å². The molecule has 1 rings (SSSR count). The molecule has 0 saturated carbocycles. The number of carboxylic acid groups (broad SMARTS) is 1. The molecule has 0 spiro atoms. The van der Waals surface area contributed by atoms with Gasteiger partial charge in [-0.15, -0.1) is 0 Å². The molecule has 1 aromatic rings. The molecule has 4 heteroatoms. The number of benzene rings is 1. The van der Waals surface area contributed by atoms with Crippen molar-refractivity contribution >= 4 is 17.6 Å². The Kier molecular flexibility index (Phi) is 6.22. The molecule has 0 fully saturated rings. The van der Waals surface area contributed by atoms with Crippen molar-refractivity contribution in [2.45, 2.75) is 39.5 Å². The zero-order chi connectivity index (χ0) is 15.1. The van der Waals surface area contributed by atoms with Gasteiger partial charge in [0.15, 0.2) is 0 Å². The van der Waals surface area contributed by atoms with Crippen molar-refractivity contribution < 1.29 is 14.7 Å². The van der Waals surface area contributed by atoms with E-state index in [2.05, 4.69) is 6.92 Å². The van der Waals surface area contributed by atoms with Gasteiger partial charge in [0.2, 0.25) is 5.91 Å². The van der Waals surface area contributed by atoms with Crippen LogP contribution in [0.2, 0.25) is 0 Å². The largest absolute Gasteiger partial charge is 0.478 e. The summed E-state index contributed by atoms with van der Waals surface area (Å²) in [4.78, 5) is 24.8. The number of nitrogens with zero attached hydrogens (tertiary/aromatic N) is 1. The molecule has 110 valence electrons. The first-order chi connectivity index (χ1) is 9.51. The summed E-state index contributed by atoms with van der Waals surface area (Å²) in [6.07, 6.45) is 3.87. The third kappa shape index (κ3) is 4.08. The smallest absolute Gasteiger partial charge is 0.335 e. The van der Waals surface area contributed by atoms with Crippen molar-refractivity contribution in [2.75, 3.05) is 11.9 Å². The monoisotopic (exact) mass is 277 g/mol. The minimum Gasteiger partial charge on any atom is -0.478 e. The number of carbonyl (C=O) groups excluding carboxylic acids is 1. The molecule has 0 aliphatic heterocycles. The van der Waals surface area contributed by atoms with Gasteiger partial charge in [0, 0.05) is 18.7 Å². The van der Waals surface area contributed by atoms with Crippen molar-refractivity contribution in [3.8, 4) is 0 Å². The lowest BCUT2D eigenvalue weighted by Crippen LogP contribution is -2.32. The van der Waals surface area contributed by atoms with Crippen molar-refractivity contribution in [1.82, 2.24) is 0 Å². The third-order valence-electron chi connectivity index (χ3n) is 3.58. The van der Waals surface area contributed by atoms with Crippen LogP contribution in [0.5, 0.6) is 0 Å².